The van der Waals surface area contributed by atoms with Gasteiger partial charge in [-0.05, 0) is 0 Å². The Morgan fingerprint density at radius 3 is 1.14 bits per heavy atom. The van der Waals surface area contributed by atoms with Gasteiger partial charge in [0.1, 0.15) is 0 Å². The van der Waals surface area contributed by atoms with Crippen LogP contribution >= 0.6 is 0 Å². The van der Waals surface area contributed by atoms with Gasteiger partial charge in [-0.2, -0.15) is 0 Å². The molecule has 0 spiro atoms. The average Bonchev–Trinajstić information content (AvgIpc) is 1.36. The molecule has 0 saturated carbocycles. The SMILES string of the molecule is O=S(O)S(=O)O.[KH]. The van der Waals surface area contributed by atoms with Gasteiger partial charge in [-0.3, -0.25) is 9.11 Å². The molecule has 7 heteroatoms. The monoisotopic (exact) mass is 170 g/mol. The summed E-state index contributed by atoms with van der Waals surface area (Å²) in [5.74, 6) is 0. The third-order valence-electron chi connectivity index (χ3n) is 0.122. The topological polar surface area (TPSA) is 74.6 Å². The maximum atomic E-state index is 9.26. The summed E-state index contributed by atoms with van der Waals surface area (Å²) >= 11 is 0. The molecule has 0 aromatic rings. The molecule has 0 aromatic carbocycles. The van der Waals surface area contributed by atoms with Crippen molar-refractivity contribution in [1.29, 1.82) is 0 Å². The molecule has 40 valence electrons. The molecule has 0 fully saturated rings. The summed E-state index contributed by atoms with van der Waals surface area (Å²) in [6, 6.07) is 0. The van der Waals surface area contributed by atoms with Crippen molar-refractivity contribution in [3.8, 4) is 0 Å². The van der Waals surface area contributed by atoms with Crippen LogP contribution in [0.1, 0.15) is 0 Å². The summed E-state index contributed by atoms with van der Waals surface area (Å²) < 4.78 is 33.6. The van der Waals surface area contributed by atoms with Crippen molar-refractivity contribution < 1.29 is 17.5 Å². The molecule has 2 atom stereocenters. The van der Waals surface area contributed by atoms with Crippen LogP contribution in [0.15, 0.2) is 0 Å². The Hall–Kier alpha value is 1.86. The van der Waals surface area contributed by atoms with Crippen LogP contribution < -0.4 is 0 Å². The van der Waals surface area contributed by atoms with E-state index in [1.807, 2.05) is 0 Å². The molecule has 0 heterocycles. The summed E-state index contributed by atoms with van der Waals surface area (Å²) in [4.78, 5) is 0. The van der Waals surface area contributed by atoms with E-state index in [0.717, 1.165) is 0 Å². The number of hydrogen-bond acceptors (Lipinski definition) is 2. The molecule has 0 aliphatic heterocycles. The molecule has 0 saturated heterocycles. The van der Waals surface area contributed by atoms with Crippen molar-refractivity contribution in [2.45, 2.75) is 0 Å². The van der Waals surface area contributed by atoms with E-state index in [1.54, 1.807) is 0 Å². The Morgan fingerprint density at radius 2 is 1.14 bits per heavy atom. The molecular formula is H3KO4S2. The Balaban J connectivity index is 0. The standard InChI is InChI=1S/K.H2O4S2.H/c;1-5(2)6(3)4;/h;(H,1,2)(H,3,4);. The van der Waals surface area contributed by atoms with Gasteiger partial charge in [0.2, 0.25) is 0 Å². The molecule has 0 aliphatic rings. The molecule has 0 aliphatic carbocycles. The first-order valence-corrected chi connectivity index (χ1v) is 3.60. The molecule has 0 rings (SSSR count). The zero-order valence-corrected chi connectivity index (χ0v) is 4.16. The molecular weight excluding hydrogens is 167 g/mol. The quantitative estimate of drug-likeness (QED) is 0.291. The minimum absolute atomic E-state index is 0. The van der Waals surface area contributed by atoms with Crippen LogP contribution in [0.5, 0.6) is 0 Å². The van der Waals surface area contributed by atoms with E-state index in [1.165, 1.54) is 0 Å². The van der Waals surface area contributed by atoms with Gasteiger partial charge in [0.05, 0.1) is 0 Å². The molecule has 7 heavy (non-hydrogen) atoms. The van der Waals surface area contributed by atoms with Crippen LogP contribution in [-0.2, 0) is 20.2 Å². The van der Waals surface area contributed by atoms with Crippen LogP contribution in [0.4, 0.5) is 0 Å². The molecule has 0 bridgehead atoms. The van der Waals surface area contributed by atoms with E-state index in [4.69, 9.17) is 9.11 Å². The van der Waals surface area contributed by atoms with E-state index < -0.39 is 20.2 Å². The molecule has 0 aromatic heterocycles. The van der Waals surface area contributed by atoms with E-state index in [-0.39, 0.29) is 51.4 Å². The average molecular weight is 170 g/mol. The van der Waals surface area contributed by atoms with Gasteiger partial charge in [-0.15, -0.1) is 0 Å². The second kappa shape index (κ2) is 5.98. The maximum absolute atomic E-state index is 9.26. The second-order valence-corrected chi connectivity index (χ2v) is 3.01. The summed E-state index contributed by atoms with van der Waals surface area (Å²) in [7, 11) is -5.18. The van der Waals surface area contributed by atoms with Crippen molar-refractivity contribution in [2.75, 3.05) is 0 Å². The van der Waals surface area contributed by atoms with Gasteiger partial charge >= 0.3 is 51.4 Å². The van der Waals surface area contributed by atoms with Crippen molar-refractivity contribution >= 4 is 71.6 Å². The molecule has 4 nitrogen and oxygen atoms in total. The Bertz CT molecular complexity index is 75.7. The fraction of sp³-hybridized carbons (Fsp3) is 0. The van der Waals surface area contributed by atoms with Gasteiger partial charge in [0, 0.05) is 0 Å². The van der Waals surface area contributed by atoms with Crippen molar-refractivity contribution in [3.05, 3.63) is 0 Å². The Morgan fingerprint density at radius 1 is 1.00 bits per heavy atom. The van der Waals surface area contributed by atoms with Gasteiger partial charge < -0.3 is 0 Å². The number of hydrogen-bond donors (Lipinski definition) is 2. The first-order chi connectivity index (χ1) is 2.64. The fourth-order valence-electron chi connectivity index (χ4n) is 0. The van der Waals surface area contributed by atoms with Crippen LogP contribution in [0.2, 0.25) is 0 Å². The third-order valence-corrected chi connectivity index (χ3v) is 1.10. The Labute approximate surface area is 87.5 Å². The minimum atomic E-state index is -2.59. The van der Waals surface area contributed by atoms with Crippen molar-refractivity contribution in [2.24, 2.45) is 0 Å². The van der Waals surface area contributed by atoms with Crippen LogP contribution in [0.3, 0.4) is 0 Å². The normalized spacial score (nSPS) is 16.9. The van der Waals surface area contributed by atoms with Crippen molar-refractivity contribution in [1.82, 2.24) is 0 Å². The summed E-state index contributed by atoms with van der Waals surface area (Å²) in [6.45, 7) is 0. The van der Waals surface area contributed by atoms with E-state index in [9.17, 15) is 8.42 Å². The molecule has 2 N–H and O–H groups in total. The van der Waals surface area contributed by atoms with Gasteiger partial charge in [-0.25, -0.2) is 8.42 Å². The van der Waals surface area contributed by atoms with E-state index in [2.05, 4.69) is 0 Å². The molecule has 0 amide bonds. The van der Waals surface area contributed by atoms with Gasteiger partial charge in [-0.1, -0.05) is 0 Å². The second-order valence-electron chi connectivity index (χ2n) is 0.434. The zero-order chi connectivity index (χ0) is 5.15. The van der Waals surface area contributed by atoms with Crippen molar-refractivity contribution in [3.63, 3.8) is 0 Å². The Kier molecular flexibility index (Phi) is 9.94. The van der Waals surface area contributed by atoms with Crippen LogP contribution in [0, 0.1) is 0 Å². The van der Waals surface area contributed by atoms with E-state index in [0.29, 0.717) is 0 Å². The predicted molar refractivity (Wildman–Crippen MR) is 28.7 cm³/mol. The van der Waals surface area contributed by atoms with Crippen LogP contribution in [0.25, 0.3) is 0 Å². The number of rotatable bonds is 1. The van der Waals surface area contributed by atoms with E-state index >= 15 is 0 Å². The van der Waals surface area contributed by atoms with Gasteiger partial charge in [0.15, 0.2) is 0 Å². The molecule has 0 radical (unpaired) electrons. The zero-order valence-electron chi connectivity index (χ0n) is 2.53. The first kappa shape index (κ1) is 11.6. The summed E-state index contributed by atoms with van der Waals surface area (Å²) in [5, 5.41) is 0. The van der Waals surface area contributed by atoms with Crippen LogP contribution in [-0.4, -0.2) is 68.9 Å². The fourth-order valence-corrected chi connectivity index (χ4v) is 0. The molecule has 2 unspecified atom stereocenters. The first-order valence-electron chi connectivity index (χ1n) is 0.865. The summed E-state index contributed by atoms with van der Waals surface area (Å²) in [5.41, 5.74) is 0. The third kappa shape index (κ3) is 7.86. The predicted octanol–water partition coefficient (Wildman–Crippen LogP) is -1.30. The van der Waals surface area contributed by atoms with Gasteiger partial charge in [0.25, 0.3) is 20.2 Å². The summed E-state index contributed by atoms with van der Waals surface area (Å²) in [6.07, 6.45) is 0.